The van der Waals surface area contributed by atoms with E-state index in [2.05, 4.69) is 15.2 Å². The Balaban J connectivity index is 1.60. The number of methoxy groups -OCH3 is 4. The van der Waals surface area contributed by atoms with Crippen LogP contribution in [0.25, 0.3) is 5.65 Å². The second-order valence-corrected chi connectivity index (χ2v) is 10.5. The zero-order valence-electron chi connectivity index (χ0n) is 24.6. The molecule has 1 saturated carbocycles. The van der Waals surface area contributed by atoms with E-state index in [0.717, 1.165) is 11.1 Å². The minimum Gasteiger partial charge on any atom is -0.497 e. The topological polar surface area (TPSA) is 83.2 Å². The predicted octanol–water partition coefficient (Wildman–Crippen LogP) is 6.45. The highest BCUT2D eigenvalue weighted by Crippen LogP contribution is 2.50. The molecule has 2 aromatic heterocycles. The number of hydrogen-bond donors (Lipinski definition) is 0. The molecule has 1 fully saturated rings. The first-order valence-electron chi connectivity index (χ1n) is 13.8. The van der Waals surface area contributed by atoms with Crippen LogP contribution in [0.4, 0.5) is 27.8 Å². The summed E-state index contributed by atoms with van der Waals surface area (Å²) in [5, 5.41) is 8.20. The van der Waals surface area contributed by atoms with Crippen LogP contribution < -0.4 is 23.8 Å². The zero-order valence-corrected chi connectivity index (χ0v) is 24.6. The number of rotatable bonds is 10. The van der Waals surface area contributed by atoms with Gasteiger partial charge in [0.25, 0.3) is 5.92 Å². The fourth-order valence-electron chi connectivity index (χ4n) is 5.58. The van der Waals surface area contributed by atoms with E-state index in [-0.39, 0.29) is 30.4 Å². The maximum Gasteiger partial charge on any atom is 0.391 e. The number of hydrogen-bond acceptors (Lipinski definition) is 8. The quantitative estimate of drug-likeness (QED) is 0.187. The maximum atomic E-state index is 15.1. The molecule has 1 aliphatic rings. The van der Waals surface area contributed by atoms with Crippen molar-refractivity contribution in [3.8, 4) is 23.0 Å². The van der Waals surface area contributed by atoms with Gasteiger partial charge in [-0.2, -0.15) is 13.2 Å². The van der Waals surface area contributed by atoms with Crippen LogP contribution in [0.15, 0.2) is 48.8 Å². The van der Waals surface area contributed by atoms with Crippen molar-refractivity contribution in [1.82, 2.24) is 19.6 Å². The maximum absolute atomic E-state index is 15.1. The molecule has 2 atom stereocenters. The van der Waals surface area contributed by atoms with E-state index in [1.807, 2.05) is 17.0 Å². The van der Waals surface area contributed by atoms with Gasteiger partial charge in [-0.05, 0) is 37.1 Å². The largest absolute Gasteiger partial charge is 0.497 e. The summed E-state index contributed by atoms with van der Waals surface area (Å²) < 4.78 is 94.2. The average molecular weight is 622 g/mol. The molecule has 2 aromatic carbocycles. The lowest BCUT2D eigenvalue weighted by molar-refractivity contribution is -0.201. The van der Waals surface area contributed by atoms with E-state index in [0.29, 0.717) is 23.0 Å². The van der Waals surface area contributed by atoms with E-state index in [1.165, 1.54) is 45.2 Å². The number of fused-ring (bicyclic) bond motifs is 1. The normalized spacial score (nSPS) is 18.2. The summed E-state index contributed by atoms with van der Waals surface area (Å²) in [5.74, 6) is -4.76. The number of aromatic nitrogens is 4. The van der Waals surface area contributed by atoms with Crippen molar-refractivity contribution in [2.75, 3.05) is 33.3 Å². The summed E-state index contributed by atoms with van der Waals surface area (Å²) >= 11 is 0. The molecular weight excluding hydrogens is 589 g/mol. The van der Waals surface area contributed by atoms with Crippen molar-refractivity contribution >= 4 is 11.5 Å². The summed E-state index contributed by atoms with van der Waals surface area (Å²) in [5.41, 5.74) is 1.61. The first kappa shape index (κ1) is 31.1. The minimum absolute atomic E-state index is 0.118. The summed E-state index contributed by atoms with van der Waals surface area (Å²) in [7, 11) is 6.13. The number of ether oxygens (including phenoxy) is 4. The lowest BCUT2D eigenvalue weighted by Gasteiger charge is -2.35. The fraction of sp³-hybridized carbons (Fsp3) is 0.433. The van der Waals surface area contributed by atoms with Gasteiger partial charge in [0.2, 0.25) is 5.65 Å². The van der Waals surface area contributed by atoms with Gasteiger partial charge in [0.05, 0.1) is 40.3 Å². The number of nitrogens with zero attached hydrogens (tertiary/aromatic N) is 5. The predicted molar refractivity (Wildman–Crippen MR) is 151 cm³/mol. The highest BCUT2D eigenvalue weighted by molar-refractivity contribution is 5.65. The van der Waals surface area contributed by atoms with Gasteiger partial charge in [-0.3, -0.25) is 4.40 Å². The Hall–Kier alpha value is -4.36. The lowest BCUT2D eigenvalue weighted by atomic mass is 9.78. The molecule has 1 aliphatic carbocycles. The second kappa shape index (κ2) is 12.3. The van der Waals surface area contributed by atoms with Gasteiger partial charge in [0, 0.05) is 55.2 Å². The van der Waals surface area contributed by atoms with E-state index in [1.54, 1.807) is 24.3 Å². The summed E-state index contributed by atoms with van der Waals surface area (Å²) in [4.78, 5) is 6.36. The first-order chi connectivity index (χ1) is 21.0. The molecule has 9 nitrogen and oxygen atoms in total. The van der Waals surface area contributed by atoms with Crippen molar-refractivity contribution in [1.29, 1.82) is 0 Å². The van der Waals surface area contributed by atoms with Crippen molar-refractivity contribution in [2.24, 2.45) is 5.92 Å². The van der Waals surface area contributed by atoms with Crippen LogP contribution in [-0.2, 0) is 13.1 Å². The van der Waals surface area contributed by atoms with Crippen LogP contribution >= 0.6 is 0 Å². The Bertz CT molecular complexity index is 1560. The van der Waals surface area contributed by atoms with Gasteiger partial charge in [-0.25, -0.2) is 13.8 Å². The summed E-state index contributed by atoms with van der Waals surface area (Å²) in [6.07, 6.45) is -4.13. The van der Waals surface area contributed by atoms with Crippen molar-refractivity contribution in [3.63, 3.8) is 0 Å². The summed E-state index contributed by atoms with van der Waals surface area (Å²) in [6, 6.07) is 10.7. The number of anilines is 1. The van der Waals surface area contributed by atoms with E-state index < -0.39 is 43.2 Å². The molecule has 14 heteroatoms. The highest BCUT2D eigenvalue weighted by Gasteiger charge is 2.54. The average Bonchev–Trinajstić information content (AvgIpc) is 3.44. The van der Waals surface area contributed by atoms with Gasteiger partial charge in [0.15, 0.2) is 5.82 Å². The standard InChI is InChI=1S/C30H32F5N5O4/c1-41-21-7-5-18(24(14-21)43-3)16-39(17-19-6-8-22(42-2)15-25(19)44-4)27-28-38-37-26(40(28)12-11-36-27)23-13-20(30(33,34)35)9-10-29(23,31)32/h5-8,11-12,14-15,20,23H,9-10,13,16-17H2,1-4H3. The van der Waals surface area contributed by atoms with Crippen LogP contribution in [0, 0.1) is 5.92 Å². The number of benzene rings is 2. The lowest BCUT2D eigenvalue weighted by Crippen LogP contribution is -2.39. The van der Waals surface area contributed by atoms with Gasteiger partial charge >= 0.3 is 6.18 Å². The molecule has 0 bridgehead atoms. The molecule has 5 rings (SSSR count). The van der Waals surface area contributed by atoms with Crippen LogP contribution in [0.1, 0.15) is 42.1 Å². The van der Waals surface area contributed by atoms with Gasteiger partial charge in [-0.1, -0.05) is 0 Å². The van der Waals surface area contributed by atoms with Crippen LogP contribution in [0.2, 0.25) is 0 Å². The third kappa shape index (κ3) is 6.15. The zero-order chi connectivity index (χ0) is 31.6. The number of alkyl halides is 5. The molecule has 236 valence electrons. The monoisotopic (exact) mass is 621 g/mol. The molecule has 4 aromatic rings. The van der Waals surface area contributed by atoms with Crippen molar-refractivity contribution < 1.29 is 40.9 Å². The molecule has 0 amide bonds. The van der Waals surface area contributed by atoms with Crippen molar-refractivity contribution in [2.45, 2.75) is 50.4 Å². The Labute approximate surface area is 250 Å². The van der Waals surface area contributed by atoms with Crippen LogP contribution in [-0.4, -0.2) is 60.1 Å². The minimum atomic E-state index is -4.59. The molecule has 0 aliphatic heterocycles. The Morgan fingerprint density at radius 3 is 2.00 bits per heavy atom. The Kier molecular flexibility index (Phi) is 8.71. The van der Waals surface area contributed by atoms with Gasteiger partial charge in [0.1, 0.15) is 28.8 Å². The van der Waals surface area contributed by atoms with Crippen LogP contribution in [0.5, 0.6) is 23.0 Å². The second-order valence-electron chi connectivity index (χ2n) is 10.5. The first-order valence-corrected chi connectivity index (χ1v) is 13.8. The Morgan fingerprint density at radius 1 is 0.886 bits per heavy atom. The smallest absolute Gasteiger partial charge is 0.391 e. The molecule has 0 spiro atoms. The molecule has 0 saturated heterocycles. The molecule has 2 heterocycles. The molecular formula is C30H32F5N5O4. The third-order valence-corrected chi connectivity index (χ3v) is 7.98. The fourth-order valence-corrected chi connectivity index (χ4v) is 5.58. The number of halogens is 5. The molecule has 44 heavy (non-hydrogen) atoms. The van der Waals surface area contributed by atoms with Crippen molar-refractivity contribution in [3.05, 3.63) is 65.7 Å². The summed E-state index contributed by atoms with van der Waals surface area (Å²) in [6.45, 7) is 0.430. The van der Waals surface area contributed by atoms with E-state index in [9.17, 15) is 13.2 Å². The third-order valence-electron chi connectivity index (χ3n) is 7.98. The molecule has 0 radical (unpaired) electrons. The van der Waals surface area contributed by atoms with E-state index in [4.69, 9.17) is 18.9 Å². The highest BCUT2D eigenvalue weighted by atomic mass is 19.4. The van der Waals surface area contributed by atoms with E-state index >= 15 is 8.78 Å². The van der Waals surface area contributed by atoms with Crippen LogP contribution in [0.3, 0.4) is 0 Å². The van der Waals surface area contributed by atoms with Gasteiger partial charge in [-0.15, -0.1) is 10.2 Å². The SMILES string of the molecule is COc1ccc(CN(Cc2ccc(OC)cc2OC)c2nccn3c(C4CC(C(F)(F)F)CCC4(F)F)nnc23)c(OC)c1. The Morgan fingerprint density at radius 2 is 1.48 bits per heavy atom. The van der Waals surface area contributed by atoms with Gasteiger partial charge < -0.3 is 23.8 Å². The molecule has 2 unspecified atom stereocenters. The molecule has 0 N–H and O–H groups in total.